The summed E-state index contributed by atoms with van der Waals surface area (Å²) in [4.78, 5) is 22.0. The second kappa shape index (κ2) is 9.16. The van der Waals surface area contributed by atoms with Crippen LogP contribution in [0.25, 0.3) is 0 Å². The van der Waals surface area contributed by atoms with Gasteiger partial charge in [0.1, 0.15) is 17.1 Å². The molecule has 9 heteroatoms. The van der Waals surface area contributed by atoms with Crippen LogP contribution < -0.4 is 10.2 Å². The fraction of sp³-hybridized carbons (Fsp3) is 0.316. The van der Waals surface area contributed by atoms with Gasteiger partial charge in [0.2, 0.25) is 0 Å². The lowest BCUT2D eigenvalue weighted by atomic mass is 10.2. The molecular formula is C19H22ClN5O2S. The highest BCUT2D eigenvalue weighted by Crippen LogP contribution is 2.28. The molecule has 1 amide bonds. The van der Waals surface area contributed by atoms with Crippen LogP contribution in [0.3, 0.4) is 0 Å². The fourth-order valence-corrected chi connectivity index (χ4v) is 3.91. The molecule has 0 bridgehead atoms. The maximum atomic E-state index is 12.5. The van der Waals surface area contributed by atoms with Crippen LogP contribution in [0.5, 0.6) is 5.75 Å². The molecular weight excluding hydrogens is 398 g/mol. The zero-order valence-electron chi connectivity index (χ0n) is 15.5. The van der Waals surface area contributed by atoms with Crippen molar-refractivity contribution < 1.29 is 9.53 Å². The van der Waals surface area contributed by atoms with Crippen molar-refractivity contribution in [2.45, 2.75) is 12.8 Å². The summed E-state index contributed by atoms with van der Waals surface area (Å²) < 4.78 is 5.32. The molecule has 3 heterocycles. The molecule has 2 aliphatic heterocycles. The fourth-order valence-electron chi connectivity index (χ4n) is 3.13. The largest absolute Gasteiger partial charge is 0.494 e. The topological polar surface area (TPSA) is 82.1 Å². The number of para-hydroxylation sites is 2. The lowest BCUT2D eigenvalue weighted by molar-refractivity contribution is 0.0787. The van der Waals surface area contributed by atoms with Gasteiger partial charge in [-0.25, -0.2) is 4.99 Å². The summed E-state index contributed by atoms with van der Waals surface area (Å²) in [6, 6.07) is 9.48. The van der Waals surface area contributed by atoms with Crippen LogP contribution in [0.15, 0.2) is 46.6 Å². The SMILES string of the molecule is COc1ccccc1N=C1NN=C(c2c[nH]c(C(=O)N3CCCC3)c2)CS1.Cl. The maximum absolute atomic E-state index is 12.5. The predicted molar refractivity (Wildman–Crippen MR) is 115 cm³/mol. The van der Waals surface area contributed by atoms with E-state index in [0.717, 1.165) is 48.6 Å². The summed E-state index contributed by atoms with van der Waals surface area (Å²) in [7, 11) is 1.63. The van der Waals surface area contributed by atoms with Crippen molar-refractivity contribution in [1.29, 1.82) is 0 Å². The number of amidine groups is 1. The van der Waals surface area contributed by atoms with Gasteiger partial charge in [0.15, 0.2) is 5.17 Å². The highest BCUT2D eigenvalue weighted by molar-refractivity contribution is 8.14. The first-order valence-corrected chi connectivity index (χ1v) is 9.88. The van der Waals surface area contributed by atoms with Crippen molar-refractivity contribution in [1.82, 2.24) is 15.3 Å². The Morgan fingerprint density at radius 3 is 2.79 bits per heavy atom. The smallest absolute Gasteiger partial charge is 0.270 e. The molecule has 28 heavy (non-hydrogen) atoms. The molecule has 4 rings (SSSR count). The number of thioether (sulfide) groups is 1. The van der Waals surface area contributed by atoms with Crippen LogP contribution >= 0.6 is 24.2 Å². The number of nitrogens with zero attached hydrogens (tertiary/aromatic N) is 3. The molecule has 0 aliphatic carbocycles. The van der Waals surface area contributed by atoms with Crippen molar-refractivity contribution >= 4 is 46.6 Å². The van der Waals surface area contributed by atoms with Crippen molar-refractivity contribution in [3.63, 3.8) is 0 Å². The standard InChI is InChI=1S/C19H21N5O2S.ClH/c1-26-17-7-3-2-6-14(17)21-19-23-22-16(12-27-19)13-10-15(20-11-13)18(25)24-8-4-5-9-24;/h2-3,6-7,10-11,20H,4-5,8-9,12H2,1H3,(H,21,23);1H. The van der Waals surface area contributed by atoms with E-state index >= 15 is 0 Å². The number of rotatable bonds is 4. The highest BCUT2D eigenvalue weighted by atomic mass is 35.5. The number of amides is 1. The van der Waals surface area contributed by atoms with E-state index in [-0.39, 0.29) is 18.3 Å². The van der Waals surface area contributed by atoms with Crippen LogP contribution in [-0.2, 0) is 0 Å². The Kier molecular flexibility index (Phi) is 6.64. The van der Waals surface area contributed by atoms with E-state index in [0.29, 0.717) is 16.6 Å². The van der Waals surface area contributed by atoms with Gasteiger partial charge in [0, 0.05) is 30.6 Å². The molecule has 148 valence electrons. The Morgan fingerprint density at radius 2 is 2.07 bits per heavy atom. The van der Waals surface area contributed by atoms with Gasteiger partial charge in [-0.2, -0.15) is 5.10 Å². The number of nitrogens with one attached hydrogen (secondary N) is 2. The van der Waals surface area contributed by atoms with E-state index < -0.39 is 0 Å². The number of aromatic nitrogens is 1. The molecule has 0 radical (unpaired) electrons. The Hall–Kier alpha value is -2.45. The number of carbonyl (C=O) groups excluding carboxylic acids is 1. The average molecular weight is 420 g/mol. The average Bonchev–Trinajstić information content (AvgIpc) is 3.41. The molecule has 1 fully saturated rings. The molecule has 0 unspecified atom stereocenters. The number of hydrogen-bond acceptors (Lipinski definition) is 5. The van der Waals surface area contributed by atoms with Crippen LogP contribution in [0.1, 0.15) is 28.9 Å². The highest BCUT2D eigenvalue weighted by Gasteiger charge is 2.22. The van der Waals surface area contributed by atoms with E-state index in [2.05, 4.69) is 20.5 Å². The van der Waals surface area contributed by atoms with Crippen molar-refractivity contribution in [2.24, 2.45) is 10.1 Å². The Labute approximate surface area is 174 Å². The van der Waals surface area contributed by atoms with E-state index in [1.807, 2.05) is 41.4 Å². The first kappa shape index (κ1) is 20.3. The molecule has 2 N–H and O–H groups in total. The van der Waals surface area contributed by atoms with Gasteiger partial charge >= 0.3 is 0 Å². The third-order valence-electron chi connectivity index (χ3n) is 4.58. The van der Waals surface area contributed by atoms with Crippen LogP contribution in [0, 0.1) is 0 Å². The van der Waals surface area contributed by atoms with Gasteiger partial charge in [-0.15, -0.1) is 12.4 Å². The second-order valence-electron chi connectivity index (χ2n) is 6.35. The lowest BCUT2D eigenvalue weighted by Crippen LogP contribution is -2.27. The first-order chi connectivity index (χ1) is 13.2. The number of halogens is 1. The number of ether oxygens (including phenoxy) is 1. The number of methoxy groups -OCH3 is 1. The number of aromatic amines is 1. The van der Waals surface area contributed by atoms with Gasteiger partial charge < -0.3 is 14.6 Å². The summed E-state index contributed by atoms with van der Waals surface area (Å²) in [6.45, 7) is 1.68. The zero-order valence-corrected chi connectivity index (χ0v) is 17.1. The Morgan fingerprint density at radius 1 is 1.29 bits per heavy atom. The summed E-state index contributed by atoms with van der Waals surface area (Å²) in [5, 5.41) is 5.15. The van der Waals surface area contributed by atoms with E-state index in [9.17, 15) is 4.79 Å². The number of hydrazone groups is 1. The van der Waals surface area contributed by atoms with Crippen molar-refractivity contribution in [3.8, 4) is 5.75 Å². The van der Waals surface area contributed by atoms with Crippen molar-refractivity contribution in [3.05, 3.63) is 47.8 Å². The summed E-state index contributed by atoms with van der Waals surface area (Å²) in [5.74, 6) is 1.46. The van der Waals surface area contributed by atoms with Crippen LogP contribution in [0.2, 0.25) is 0 Å². The Balaban J connectivity index is 0.00000225. The predicted octanol–water partition coefficient (Wildman–Crippen LogP) is 3.41. The minimum absolute atomic E-state index is 0. The molecule has 1 aromatic heterocycles. The third kappa shape index (κ3) is 4.34. The quantitative estimate of drug-likeness (QED) is 0.795. The molecule has 2 aliphatic rings. The molecule has 0 saturated carbocycles. The Bertz CT molecular complexity index is 905. The molecule has 0 atom stereocenters. The molecule has 1 saturated heterocycles. The number of benzene rings is 1. The van der Waals surface area contributed by atoms with Gasteiger partial charge in [-0.3, -0.25) is 10.2 Å². The number of carbonyl (C=O) groups is 1. The minimum Gasteiger partial charge on any atom is -0.494 e. The second-order valence-corrected chi connectivity index (χ2v) is 7.31. The number of hydrogen-bond donors (Lipinski definition) is 2. The van der Waals surface area contributed by atoms with Gasteiger partial charge in [0.05, 0.1) is 12.8 Å². The van der Waals surface area contributed by atoms with E-state index in [4.69, 9.17) is 4.74 Å². The minimum atomic E-state index is 0. The van der Waals surface area contributed by atoms with E-state index in [1.165, 1.54) is 0 Å². The number of likely N-dealkylation sites (tertiary alicyclic amines) is 1. The molecule has 2 aromatic rings. The van der Waals surface area contributed by atoms with Crippen LogP contribution in [-0.4, -0.2) is 52.6 Å². The van der Waals surface area contributed by atoms with Gasteiger partial charge in [-0.1, -0.05) is 23.9 Å². The lowest BCUT2D eigenvalue weighted by Gasteiger charge is -2.14. The molecule has 7 nitrogen and oxygen atoms in total. The van der Waals surface area contributed by atoms with Crippen LogP contribution in [0.4, 0.5) is 5.69 Å². The normalized spacial score (nSPS) is 17.7. The van der Waals surface area contributed by atoms with Gasteiger partial charge in [-0.05, 0) is 31.0 Å². The molecule has 1 aromatic carbocycles. The van der Waals surface area contributed by atoms with E-state index in [1.54, 1.807) is 18.9 Å². The summed E-state index contributed by atoms with van der Waals surface area (Å²) in [5.41, 5.74) is 6.18. The van der Waals surface area contributed by atoms with Crippen molar-refractivity contribution in [2.75, 3.05) is 26.0 Å². The number of H-pyrrole nitrogens is 1. The third-order valence-corrected chi connectivity index (χ3v) is 5.45. The zero-order chi connectivity index (χ0) is 18.6. The monoisotopic (exact) mass is 419 g/mol. The maximum Gasteiger partial charge on any atom is 0.270 e. The number of aliphatic imine (C=N–C) groups is 1. The summed E-state index contributed by atoms with van der Waals surface area (Å²) in [6.07, 6.45) is 4.01. The summed E-state index contributed by atoms with van der Waals surface area (Å²) >= 11 is 1.57. The first-order valence-electron chi connectivity index (χ1n) is 8.90. The molecule has 0 spiro atoms. The van der Waals surface area contributed by atoms with Gasteiger partial charge in [0.25, 0.3) is 5.91 Å².